The lowest BCUT2D eigenvalue weighted by molar-refractivity contribution is -0.438. The molecule has 0 N–H and O–H groups in total. The molecule has 0 fully saturated rings. The van der Waals surface area contributed by atoms with Crippen molar-refractivity contribution in [3.8, 4) is 11.5 Å². The van der Waals surface area contributed by atoms with Crippen molar-refractivity contribution in [1.29, 1.82) is 0 Å². The number of nitrogens with zero attached hydrogens (tertiary/aromatic N) is 4. The first-order valence-corrected chi connectivity index (χ1v) is 22.9. The standard InChI is InChI=1S/C47H46Cl4N4O5S/c1-5-7-27-59-37-29-40(48)46(41(49)30-37)54(25-11-23-52-3)35-19-15-33(16-20-35)45(39-13-9-10-14-44(39)61(56,57)58)34-17-21-36(22-18-34)55(26-12-24-53-4)47-42(50)31-38(32-43(47)51)60-28-8-6-2/h9-10,13-22,29-32H,5-8,11-12,23-28H2,1-2H3. The molecule has 61 heavy (non-hydrogen) atoms. The van der Waals surface area contributed by atoms with Gasteiger partial charge in [0.15, 0.2) is 6.54 Å². The molecule has 9 nitrogen and oxygen atoms in total. The van der Waals surface area contributed by atoms with E-state index in [9.17, 15) is 13.0 Å². The predicted octanol–water partition coefficient (Wildman–Crippen LogP) is 13.0. The van der Waals surface area contributed by atoms with Gasteiger partial charge in [0.05, 0.1) is 40.3 Å². The van der Waals surface area contributed by atoms with Gasteiger partial charge in [-0.2, -0.15) is 4.58 Å². The van der Waals surface area contributed by atoms with Crippen LogP contribution in [0.15, 0.2) is 108 Å². The number of anilines is 2. The van der Waals surface area contributed by atoms with Crippen LogP contribution in [0.5, 0.6) is 11.5 Å². The number of rotatable bonds is 20. The summed E-state index contributed by atoms with van der Waals surface area (Å²) >= 11 is 27.5. The number of hydrogen-bond donors (Lipinski definition) is 0. The van der Waals surface area contributed by atoms with Crippen molar-refractivity contribution < 1.29 is 27.0 Å². The Kier molecular flexibility index (Phi) is 17.7. The summed E-state index contributed by atoms with van der Waals surface area (Å²) in [4.78, 5) is 8.65. The minimum absolute atomic E-state index is 0.232. The molecule has 0 aromatic heterocycles. The smallest absolute Gasteiger partial charge is 0.243 e. The van der Waals surface area contributed by atoms with E-state index >= 15 is 0 Å². The highest BCUT2D eigenvalue weighted by Crippen LogP contribution is 2.43. The van der Waals surface area contributed by atoms with Gasteiger partial charge < -0.3 is 28.6 Å². The normalized spacial score (nSPS) is 12.2. The molecule has 0 radical (unpaired) electrons. The quantitative estimate of drug-likeness (QED) is 0.0380. The highest BCUT2D eigenvalue weighted by Gasteiger charge is 2.26. The summed E-state index contributed by atoms with van der Waals surface area (Å²) in [6, 6.07) is 20.5. The second-order valence-corrected chi connectivity index (χ2v) is 17.0. The molecule has 4 aromatic carbocycles. The van der Waals surface area contributed by atoms with Crippen molar-refractivity contribution >= 4 is 84.9 Å². The molecule has 0 spiro atoms. The molecule has 0 aliphatic heterocycles. The van der Waals surface area contributed by atoms with Crippen molar-refractivity contribution in [1.82, 2.24) is 0 Å². The third-order valence-electron chi connectivity index (χ3n) is 9.72. The van der Waals surface area contributed by atoms with Crippen molar-refractivity contribution in [3.05, 3.63) is 157 Å². The summed E-state index contributed by atoms with van der Waals surface area (Å²) < 4.78 is 51.8. The number of unbranched alkanes of at least 4 members (excludes halogenated alkanes) is 2. The Bertz CT molecular complexity index is 2460. The third kappa shape index (κ3) is 12.4. The fourth-order valence-corrected chi connectivity index (χ4v) is 8.80. The highest BCUT2D eigenvalue weighted by atomic mass is 35.5. The Labute approximate surface area is 379 Å². The van der Waals surface area contributed by atoms with Gasteiger partial charge in [0, 0.05) is 60.6 Å². The van der Waals surface area contributed by atoms with Gasteiger partial charge >= 0.3 is 0 Å². The van der Waals surface area contributed by atoms with E-state index in [0.29, 0.717) is 112 Å². The molecule has 318 valence electrons. The SMILES string of the molecule is [C-]#[N+]CCCN(c1ccc(C(=C2C=CC(=[N+](CCC[N+]#[C-])c3c(Cl)cc(OCCCC)cc3Cl)C=C2)c2ccccc2S(=O)(=O)[O-])cc1)c1c(Cl)cc(OCCCC)cc1Cl. The molecule has 0 amide bonds. The molecule has 14 heteroatoms. The Morgan fingerprint density at radius 2 is 1.28 bits per heavy atom. The number of halogens is 4. The van der Waals surface area contributed by atoms with Gasteiger partial charge in [-0.25, -0.2) is 21.6 Å². The fourth-order valence-electron chi connectivity index (χ4n) is 6.78. The monoisotopic (exact) mass is 918 g/mol. The Hall–Kier alpha value is -4.78. The molecule has 0 saturated carbocycles. The molecule has 0 bridgehead atoms. The lowest BCUT2D eigenvalue weighted by Gasteiger charge is -2.27. The van der Waals surface area contributed by atoms with Crippen molar-refractivity contribution in [2.75, 3.05) is 44.3 Å². The van der Waals surface area contributed by atoms with Crippen LogP contribution < -0.4 is 14.4 Å². The van der Waals surface area contributed by atoms with E-state index in [1.54, 1.807) is 36.4 Å². The molecule has 0 unspecified atom stereocenters. The minimum Gasteiger partial charge on any atom is -0.744 e. The van der Waals surface area contributed by atoms with Gasteiger partial charge in [-0.1, -0.05) is 103 Å². The first kappa shape index (κ1) is 47.3. The Balaban J connectivity index is 1.63. The molecular formula is C47H46Cl4N4O5S. The van der Waals surface area contributed by atoms with E-state index in [4.69, 9.17) is 69.0 Å². The van der Waals surface area contributed by atoms with Crippen LogP contribution in [0, 0.1) is 13.1 Å². The van der Waals surface area contributed by atoms with E-state index in [-0.39, 0.29) is 10.5 Å². The molecule has 0 heterocycles. The Morgan fingerprint density at radius 1 is 0.738 bits per heavy atom. The summed E-state index contributed by atoms with van der Waals surface area (Å²) in [6.07, 6.45) is 12.2. The average molecular weight is 921 g/mol. The second kappa shape index (κ2) is 22.9. The molecule has 0 saturated heterocycles. The van der Waals surface area contributed by atoms with Gasteiger partial charge in [-0.3, -0.25) is 0 Å². The maximum absolute atomic E-state index is 12.7. The van der Waals surface area contributed by atoms with Crippen LogP contribution in [-0.4, -0.2) is 62.7 Å². The summed E-state index contributed by atoms with van der Waals surface area (Å²) in [6.45, 7) is 21.4. The zero-order valence-corrected chi connectivity index (χ0v) is 37.8. The van der Waals surface area contributed by atoms with E-state index in [0.717, 1.165) is 37.1 Å². The molecular weight excluding hydrogens is 874 g/mol. The van der Waals surface area contributed by atoms with Crippen molar-refractivity contribution in [2.45, 2.75) is 57.3 Å². The predicted molar refractivity (Wildman–Crippen MR) is 248 cm³/mol. The van der Waals surface area contributed by atoms with Crippen LogP contribution in [0.4, 0.5) is 17.1 Å². The minimum atomic E-state index is -4.89. The van der Waals surface area contributed by atoms with Crippen LogP contribution >= 0.6 is 46.4 Å². The van der Waals surface area contributed by atoms with E-state index < -0.39 is 10.1 Å². The second-order valence-electron chi connectivity index (χ2n) is 14.1. The average Bonchev–Trinajstić information content (AvgIpc) is 3.23. The lowest BCUT2D eigenvalue weighted by Crippen LogP contribution is -2.20. The van der Waals surface area contributed by atoms with Crippen LogP contribution in [0.2, 0.25) is 20.1 Å². The summed E-state index contributed by atoms with van der Waals surface area (Å²) in [5.74, 6) is 1.12. The van der Waals surface area contributed by atoms with E-state index in [1.807, 2.05) is 58.0 Å². The summed E-state index contributed by atoms with van der Waals surface area (Å²) in [7, 11) is -4.89. The number of hydrogen-bond acceptors (Lipinski definition) is 6. The lowest BCUT2D eigenvalue weighted by atomic mass is 9.90. The maximum atomic E-state index is 12.7. The van der Waals surface area contributed by atoms with E-state index in [2.05, 4.69) is 23.5 Å². The van der Waals surface area contributed by atoms with Gasteiger partial charge in [0.1, 0.15) is 31.7 Å². The fraction of sp³-hybridized carbons (Fsp3) is 0.298. The molecule has 1 aliphatic carbocycles. The highest BCUT2D eigenvalue weighted by molar-refractivity contribution is 7.85. The zero-order chi connectivity index (χ0) is 43.9. The van der Waals surface area contributed by atoms with E-state index in [1.165, 1.54) is 12.1 Å². The van der Waals surface area contributed by atoms with Crippen LogP contribution in [-0.2, 0) is 10.1 Å². The van der Waals surface area contributed by atoms with Crippen LogP contribution in [0.25, 0.3) is 15.3 Å². The summed E-state index contributed by atoms with van der Waals surface area (Å²) in [5.41, 5.74) is 4.56. The zero-order valence-electron chi connectivity index (χ0n) is 34.0. The molecule has 5 rings (SSSR count). The number of benzene rings is 4. The van der Waals surface area contributed by atoms with Gasteiger partial charge in [-0.05, 0) is 59.9 Å². The third-order valence-corrected chi connectivity index (χ3v) is 11.8. The van der Waals surface area contributed by atoms with Crippen molar-refractivity contribution in [3.63, 3.8) is 0 Å². The first-order chi connectivity index (χ1) is 29.4. The van der Waals surface area contributed by atoms with Gasteiger partial charge in [0.2, 0.25) is 24.5 Å². The topological polar surface area (TPSA) is 90.6 Å². The molecule has 1 aliphatic rings. The largest absolute Gasteiger partial charge is 0.744 e. The molecule has 0 atom stereocenters. The molecule has 4 aromatic rings. The first-order valence-electron chi connectivity index (χ1n) is 20.0. The summed E-state index contributed by atoms with van der Waals surface area (Å²) in [5, 5.41) is 1.54. The maximum Gasteiger partial charge on any atom is 0.243 e. The van der Waals surface area contributed by atoms with Crippen LogP contribution in [0.3, 0.4) is 0 Å². The Morgan fingerprint density at radius 3 is 1.82 bits per heavy atom. The van der Waals surface area contributed by atoms with Gasteiger partial charge in [0.25, 0.3) is 0 Å². The number of allylic oxidation sites excluding steroid dienone is 5. The number of ether oxygens (including phenoxy) is 2. The van der Waals surface area contributed by atoms with Crippen LogP contribution in [0.1, 0.15) is 63.5 Å². The van der Waals surface area contributed by atoms with Gasteiger partial charge in [-0.15, -0.1) is 0 Å². The van der Waals surface area contributed by atoms with Crippen molar-refractivity contribution in [2.24, 2.45) is 0 Å².